The minimum absolute atomic E-state index is 0.0796. The van der Waals surface area contributed by atoms with E-state index in [9.17, 15) is 15.0 Å². The molecular formula is C20H20N2O4. The van der Waals surface area contributed by atoms with Crippen LogP contribution in [0, 0.1) is 6.92 Å². The predicted octanol–water partition coefficient (Wildman–Crippen LogP) is 1.91. The van der Waals surface area contributed by atoms with Crippen LogP contribution in [-0.2, 0) is 17.9 Å². The molecule has 0 saturated heterocycles. The molecule has 0 amide bonds. The molecule has 6 heteroatoms. The smallest absolute Gasteiger partial charge is 0.257 e. The van der Waals surface area contributed by atoms with Crippen LogP contribution in [0.4, 0.5) is 0 Å². The Morgan fingerprint density at radius 3 is 2.85 bits per heavy atom. The first-order chi connectivity index (χ1) is 12.6. The largest absolute Gasteiger partial charge is 0.393 e. The van der Waals surface area contributed by atoms with Crippen LogP contribution in [0.25, 0.3) is 22.3 Å². The fourth-order valence-electron chi connectivity index (χ4n) is 3.73. The van der Waals surface area contributed by atoms with Crippen LogP contribution in [0.1, 0.15) is 28.4 Å². The lowest BCUT2D eigenvalue weighted by Gasteiger charge is -2.16. The van der Waals surface area contributed by atoms with Gasteiger partial charge in [-0.05, 0) is 30.2 Å². The van der Waals surface area contributed by atoms with Gasteiger partial charge >= 0.3 is 0 Å². The second-order valence-electron chi connectivity index (χ2n) is 6.57. The first-order valence-corrected chi connectivity index (χ1v) is 8.49. The second-order valence-corrected chi connectivity index (χ2v) is 6.57. The zero-order valence-electron chi connectivity index (χ0n) is 14.7. The van der Waals surface area contributed by atoms with Crippen LogP contribution in [0.2, 0.25) is 0 Å². The van der Waals surface area contributed by atoms with E-state index in [1.807, 2.05) is 31.2 Å². The van der Waals surface area contributed by atoms with Crippen molar-refractivity contribution in [2.75, 3.05) is 13.7 Å². The van der Waals surface area contributed by atoms with Crippen LogP contribution in [0.5, 0.6) is 0 Å². The summed E-state index contributed by atoms with van der Waals surface area (Å²) in [6.45, 7) is 2.10. The van der Waals surface area contributed by atoms with E-state index in [2.05, 4.69) is 0 Å². The molecule has 1 aromatic carbocycles. The summed E-state index contributed by atoms with van der Waals surface area (Å²) < 4.78 is 6.82. The van der Waals surface area contributed by atoms with E-state index in [-0.39, 0.29) is 12.2 Å². The van der Waals surface area contributed by atoms with E-state index in [0.717, 1.165) is 27.7 Å². The van der Waals surface area contributed by atoms with Gasteiger partial charge in [-0.15, -0.1) is 0 Å². The Morgan fingerprint density at radius 1 is 1.35 bits per heavy atom. The molecule has 0 radical (unpaired) electrons. The molecule has 0 fully saturated rings. The second kappa shape index (κ2) is 6.32. The Balaban J connectivity index is 2.02. The van der Waals surface area contributed by atoms with E-state index in [1.54, 1.807) is 10.6 Å². The number of ether oxygens (including phenoxy) is 1. The summed E-state index contributed by atoms with van der Waals surface area (Å²) in [5.41, 5.74) is 4.96. The van der Waals surface area contributed by atoms with Gasteiger partial charge < -0.3 is 19.5 Å². The zero-order valence-corrected chi connectivity index (χ0v) is 14.7. The first kappa shape index (κ1) is 16.9. The number of para-hydroxylation sites is 1. The number of hydrogen-bond donors (Lipinski definition) is 2. The summed E-state index contributed by atoms with van der Waals surface area (Å²) in [5.74, 6) is 0. The number of aliphatic hydroxyl groups is 2. The fourth-order valence-corrected chi connectivity index (χ4v) is 3.73. The number of fused-ring (bicyclic) bond motifs is 4. The molecule has 0 spiro atoms. The fraction of sp³-hybridized carbons (Fsp3) is 0.300. The number of aliphatic hydroxyl groups excluding tert-OH is 2. The molecule has 134 valence electrons. The topological polar surface area (TPSA) is 84.6 Å². The summed E-state index contributed by atoms with van der Waals surface area (Å²) in [6, 6.07) is 9.65. The maximum Gasteiger partial charge on any atom is 0.257 e. The molecule has 0 saturated carbocycles. The van der Waals surface area contributed by atoms with Crippen LogP contribution in [0.15, 0.2) is 35.1 Å². The Kier molecular flexibility index (Phi) is 4.11. The number of methoxy groups -OCH3 is 1. The normalized spacial score (nSPS) is 13.7. The molecule has 4 rings (SSSR count). The standard InChI is InChI=1S/C20H20N2O4/c1-11-12-5-3-4-6-16(12)21-19-14(11)8-22-17(19)7-13(18(24)9-23)15(10-26-2)20(22)25/h3-7,18,23-24H,8-10H2,1-2H3. The van der Waals surface area contributed by atoms with Crippen molar-refractivity contribution >= 4 is 10.9 Å². The average Bonchev–Trinajstić information content (AvgIpc) is 3.03. The molecule has 2 N–H and O–H groups in total. The molecule has 3 aromatic rings. The van der Waals surface area contributed by atoms with Gasteiger partial charge in [0.25, 0.3) is 5.56 Å². The van der Waals surface area contributed by atoms with E-state index < -0.39 is 12.7 Å². The zero-order chi connectivity index (χ0) is 18.4. The van der Waals surface area contributed by atoms with E-state index in [4.69, 9.17) is 9.72 Å². The maximum absolute atomic E-state index is 13.0. The van der Waals surface area contributed by atoms with Crippen molar-refractivity contribution in [3.05, 3.63) is 62.9 Å². The molecule has 26 heavy (non-hydrogen) atoms. The SMILES string of the molecule is COCc1c(C(O)CO)cc2n(c1=O)Cc1c-2nc2ccccc2c1C. The summed E-state index contributed by atoms with van der Waals surface area (Å²) in [4.78, 5) is 17.8. The summed E-state index contributed by atoms with van der Waals surface area (Å²) in [7, 11) is 1.50. The third kappa shape index (κ3) is 2.38. The van der Waals surface area contributed by atoms with Crippen LogP contribution in [-0.4, -0.2) is 33.5 Å². The van der Waals surface area contributed by atoms with Crippen LogP contribution < -0.4 is 5.56 Å². The van der Waals surface area contributed by atoms with Gasteiger partial charge in [-0.1, -0.05) is 18.2 Å². The molecule has 0 bridgehead atoms. The molecule has 2 aromatic heterocycles. The minimum atomic E-state index is -1.13. The number of pyridine rings is 2. The molecule has 1 atom stereocenters. The monoisotopic (exact) mass is 352 g/mol. The van der Waals surface area contributed by atoms with Crippen molar-refractivity contribution in [1.29, 1.82) is 0 Å². The highest BCUT2D eigenvalue weighted by Crippen LogP contribution is 2.36. The van der Waals surface area contributed by atoms with Gasteiger partial charge in [-0.25, -0.2) is 4.98 Å². The van der Waals surface area contributed by atoms with Gasteiger partial charge in [0.2, 0.25) is 0 Å². The molecule has 1 aliphatic rings. The van der Waals surface area contributed by atoms with Crippen molar-refractivity contribution in [2.45, 2.75) is 26.2 Å². The van der Waals surface area contributed by atoms with Gasteiger partial charge in [-0.3, -0.25) is 4.79 Å². The third-order valence-corrected chi connectivity index (χ3v) is 5.09. The Labute approximate surface area is 150 Å². The van der Waals surface area contributed by atoms with E-state index >= 15 is 0 Å². The minimum Gasteiger partial charge on any atom is -0.393 e. The highest BCUT2D eigenvalue weighted by atomic mass is 16.5. The average molecular weight is 352 g/mol. The number of aryl methyl sites for hydroxylation is 1. The lowest BCUT2D eigenvalue weighted by Crippen LogP contribution is -2.26. The Bertz CT molecular complexity index is 1070. The Hall–Kier alpha value is -2.54. The van der Waals surface area contributed by atoms with Crippen molar-refractivity contribution in [3.8, 4) is 11.4 Å². The van der Waals surface area contributed by atoms with Crippen molar-refractivity contribution in [2.24, 2.45) is 0 Å². The van der Waals surface area contributed by atoms with Gasteiger partial charge in [0, 0.05) is 23.6 Å². The molecule has 6 nitrogen and oxygen atoms in total. The van der Waals surface area contributed by atoms with E-state index in [1.165, 1.54) is 7.11 Å². The van der Waals surface area contributed by atoms with Crippen LogP contribution in [0.3, 0.4) is 0 Å². The van der Waals surface area contributed by atoms with E-state index in [0.29, 0.717) is 23.4 Å². The number of rotatable bonds is 4. The lowest BCUT2D eigenvalue weighted by atomic mass is 10.0. The first-order valence-electron chi connectivity index (χ1n) is 8.49. The quantitative estimate of drug-likeness (QED) is 0.586. The molecule has 1 aliphatic heterocycles. The number of hydrogen-bond acceptors (Lipinski definition) is 5. The molecule has 0 aliphatic carbocycles. The van der Waals surface area contributed by atoms with Crippen molar-refractivity contribution < 1.29 is 14.9 Å². The number of aromatic nitrogens is 2. The molecular weight excluding hydrogens is 332 g/mol. The Morgan fingerprint density at radius 2 is 2.12 bits per heavy atom. The summed E-state index contributed by atoms with van der Waals surface area (Å²) in [5, 5.41) is 20.6. The van der Waals surface area contributed by atoms with Gasteiger partial charge in [-0.2, -0.15) is 0 Å². The molecule has 3 heterocycles. The molecule has 1 unspecified atom stereocenters. The number of nitrogens with zero attached hydrogens (tertiary/aromatic N) is 2. The summed E-state index contributed by atoms with van der Waals surface area (Å²) >= 11 is 0. The maximum atomic E-state index is 13.0. The predicted molar refractivity (Wildman–Crippen MR) is 98.0 cm³/mol. The van der Waals surface area contributed by atoms with Crippen molar-refractivity contribution in [1.82, 2.24) is 9.55 Å². The lowest BCUT2D eigenvalue weighted by molar-refractivity contribution is 0.0920. The van der Waals surface area contributed by atoms with Gasteiger partial charge in [0.1, 0.15) is 6.10 Å². The number of benzene rings is 1. The third-order valence-electron chi connectivity index (χ3n) is 5.09. The highest BCUT2D eigenvalue weighted by Gasteiger charge is 2.28. The highest BCUT2D eigenvalue weighted by molar-refractivity contribution is 5.87. The van der Waals surface area contributed by atoms with Crippen LogP contribution >= 0.6 is 0 Å². The van der Waals surface area contributed by atoms with Gasteiger partial charge in [0.05, 0.1) is 36.7 Å². The summed E-state index contributed by atoms with van der Waals surface area (Å²) in [6.07, 6.45) is -1.13. The van der Waals surface area contributed by atoms with Gasteiger partial charge in [0.15, 0.2) is 0 Å². The van der Waals surface area contributed by atoms with Crippen molar-refractivity contribution in [3.63, 3.8) is 0 Å².